The van der Waals surface area contributed by atoms with Crippen LogP contribution in [0.25, 0.3) is 0 Å². The molecule has 0 aromatic rings. The fourth-order valence-corrected chi connectivity index (χ4v) is 19.5. The van der Waals surface area contributed by atoms with Crippen LogP contribution in [0.2, 0.25) is 0 Å². The Balaban J connectivity index is 7.33. The van der Waals surface area contributed by atoms with Gasteiger partial charge in [0, 0.05) is 75.2 Å². The Hall–Kier alpha value is 3.44. The van der Waals surface area contributed by atoms with Gasteiger partial charge in [-0.05, 0) is 81.1 Å². The zero-order valence-corrected chi connectivity index (χ0v) is 40.8. The highest BCUT2D eigenvalue weighted by Gasteiger charge is 2.66. The summed E-state index contributed by atoms with van der Waals surface area (Å²) in [7, 11) is -10.6. The Labute approximate surface area is 344 Å². The monoisotopic (exact) mass is 902 g/mol. The van der Waals surface area contributed by atoms with Gasteiger partial charge in [-0.3, -0.25) is 0 Å². The molecule has 0 aliphatic heterocycles. The lowest BCUT2D eigenvalue weighted by atomic mass is 9.94. The molecular formula is C27H62O9S9Si3. The van der Waals surface area contributed by atoms with Crippen LogP contribution in [0.1, 0.15) is 75.2 Å². The topological polar surface area (TPSA) is 83.1 Å². The van der Waals surface area contributed by atoms with Gasteiger partial charge in [-0.15, -0.1) is 0 Å². The van der Waals surface area contributed by atoms with Crippen molar-refractivity contribution < 1.29 is 39.8 Å². The van der Waals surface area contributed by atoms with Crippen molar-refractivity contribution in [1.29, 1.82) is 0 Å². The van der Waals surface area contributed by atoms with E-state index in [0.29, 0.717) is 72.3 Å². The van der Waals surface area contributed by atoms with Crippen LogP contribution in [-0.2, 0) is 39.8 Å². The molecule has 290 valence electrons. The summed E-state index contributed by atoms with van der Waals surface area (Å²) >= 11 is 45.9. The van der Waals surface area contributed by atoms with Crippen molar-refractivity contribution in [3.63, 3.8) is 0 Å². The van der Waals surface area contributed by atoms with E-state index < -0.39 is 53.3 Å². The van der Waals surface area contributed by atoms with Gasteiger partial charge in [0.25, 0.3) is 0 Å². The second-order valence-electron chi connectivity index (χ2n) is 10.5. The molecule has 0 amide bonds. The first-order valence-corrected chi connectivity index (χ1v) is 25.9. The highest BCUT2D eigenvalue weighted by Crippen LogP contribution is 2.50. The number of rotatable bonds is 29. The number of hydrogen-bond acceptors (Lipinski definition) is 18. The zero-order valence-electron chi connectivity index (χ0n) is 29.8. The Kier molecular flexibility index (Phi) is 25.9. The van der Waals surface area contributed by atoms with E-state index >= 15 is 0 Å². The Bertz CT molecular complexity index is 791. The predicted octanol–water partition coefficient (Wildman–Crippen LogP) is 6.71. The van der Waals surface area contributed by atoms with Gasteiger partial charge in [-0.1, -0.05) is 0 Å². The standard InChI is InChI=1S/C27H62O9S9Si3/c1-10-28-46(29-11-2,30-12-3)25(40,41)22(37)19-21(24(39)27(44,45)48(34-16-7,35-17-8)36-18-9)20-23(38)26(42,43)47(31-13-4,32-14-5)33-15-6/h21-24,37-45H,10-20H2,1-9H3. The quantitative estimate of drug-likeness (QED) is 0.0232. The third kappa shape index (κ3) is 12.5. The molecule has 3 unspecified atom stereocenters. The number of thiol groups is 9. The lowest BCUT2D eigenvalue weighted by molar-refractivity contribution is 0.0619. The van der Waals surface area contributed by atoms with E-state index in [0.717, 1.165) is 0 Å². The van der Waals surface area contributed by atoms with Crippen molar-refractivity contribution in [3.05, 3.63) is 0 Å². The van der Waals surface area contributed by atoms with E-state index in [-0.39, 0.29) is 5.92 Å². The Morgan fingerprint density at radius 2 is 0.562 bits per heavy atom. The summed E-state index contributed by atoms with van der Waals surface area (Å²) in [6.45, 7) is 19.9. The fraction of sp³-hybridized carbons (Fsp3) is 1.00. The summed E-state index contributed by atoms with van der Waals surface area (Å²) < 4.78 is 52.4. The average molecular weight is 904 g/mol. The molecule has 0 saturated carbocycles. The summed E-state index contributed by atoms with van der Waals surface area (Å²) in [4.78, 5) is 0. The van der Waals surface area contributed by atoms with Crippen LogP contribution in [0.5, 0.6) is 0 Å². The molecule has 0 heterocycles. The molecule has 48 heavy (non-hydrogen) atoms. The maximum atomic E-state index is 6.28. The van der Waals surface area contributed by atoms with E-state index in [1.165, 1.54) is 0 Å². The molecule has 0 fully saturated rings. The molecule has 0 bridgehead atoms. The first-order valence-electron chi connectivity index (χ1n) is 16.5. The van der Waals surface area contributed by atoms with E-state index in [1.807, 2.05) is 62.3 Å². The molecule has 9 nitrogen and oxygen atoms in total. The molecule has 0 aromatic heterocycles. The number of hydrogen-bond donors (Lipinski definition) is 9. The summed E-state index contributed by atoms with van der Waals surface area (Å²) in [5.74, 6) is -0.382. The lowest BCUT2D eigenvalue weighted by Gasteiger charge is -2.48. The largest absolute Gasteiger partial charge is 0.529 e. The second kappa shape index (κ2) is 24.2. The van der Waals surface area contributed by atoms with Crippen molar-refractivity contribution in [2.45, 2.75) is 102 Å². The maximum Gasteiger partial charge on any atom is 0.529 e. The molecule has 21 heteroatoms. The van der Waals surface area contributed by atoms with Gasteiger partial charge < -0.3 is 39.8 Å². The van der Waals surface area contributed by atoms with Crippen LogP contribution < -0.4 is 0 Å². The second-order valence-corrected chi connectivity index (χ2v) is 28.4. The summed E-state index contributed by atoms with van der Waals surface area (Å²) in [5, 5.41) is -1.77. The molecule has 0 spiro atoms. The minimum atomic E-state index is -3.60. The highest BCUT2D eigenvalue weighted by molar-refractivity contribution is 8.06. The van der Waals surface area contributed by atoms with Gasteiger partial charge in [-0.25, -0.2) is 0 Å². The molecule has 0 radical (unpaired) electrons. The molecule has 0 N–H and O–H groups in total. The molecule has 0 aliphatic rings. The normalized spacial score (nSPS) is 16.6. The smallest absolute Gasteiger partial charge is 0.372 e. The SMILES string of the molecule is CCO[Si](OCC)(OCC)C(S)(S)C(S)CC(CC(S)C(S)(S)[Si](OCC)(OCC)OCC)C(S)C(S)(S)[Si](OCC)(OCC)OCC. The van der Waals surface area contributed by atoms with E-state index in [9.17, 15) is 0 Å². The van der Waals surface area contributed by atoms with Crippen molar-refractivity contribution in [2.75, 3.05) is 59.5 Å². The van der Waals surface area contributed by atoms with E-state index in [4.69, 9.17) is 153 Å². The van der Waals surface area contributed by atoms with Crippen molar-refractivity contribution in [1.82, 2.24) is 0 Å². The maximum absolute atomic E-state index is 6.28. The van der Waals surface area contributed by atoms with Crippen molar-refractivity contribution in [2.24, 2.45) is 5.92 Å². The van der Waals surface area contributed by atoms with Crippen molar-refractivity contribution >= 4 is 140 Å². The van der Waals surface area contributed by atoms with Crippen LogP contribution in [-0.4, -0.2) is 113 Å². The highest BCUT2D eigenvalue weighted by atomic mass is 32.2. The lowest BCUT2D eigenvalue weighted by Crippen LogP contribution is -2.66. The van der Waals surface area contributed by atoms with Gasteiger partial charge in [0.1, 0.15) is 11.1 Å². The zero-order chi connectivity index (χ0) is 37.5. The third-order valence-electron chi connectivity index (χ3n) is 7.20. The van der Waals surface area contributed by atoms with Gasteiger partial charge in [-0.2, -0.15) is 114 Å². The van der Waals surface area contributed by atoms with Gasteiger partial charge in [0.05, 0.1) is 0 Å². The van der Waals surface area contributed by atoms with Crippen LogP contribution in [0, 0.1) is 5.92 Å². The molecule has 0 rings (SSSR count). The summed E-state index contributed by atoms with van der Waals surface area (Å²) in [6, 6.07) is 0. The van der Waals surface area contributed by atoms with Gasteiger partial charge in [0.15, 0.2) is 0 Å². The molecule has 0 aromatic carbocycles. The minimum absolute atomic E-state index is 0.327. The Morgan fingerprint density at radius 1 is 0.375 bits per heavy atom. The first kappa shape index (κ1) is 51.4. The first-order chi connectivity index (χ1) is 22.4. The van der Waals surface area contributed by atoms with Crippen molar-refractivity contribution in [3.8, 4) is 0 Å². The summed E-state index contributed by atoms with van der Waals surface area (Å²) in [6.07, 6.45) is 0.705. The fourth-order valence-electron chi connectivity index (χ4n) is 5.22. The molecule has 0 saturated heterocycles. The predicted molar refractivity (Wildman–Crippen MR) is 235 cm³/mol. The molecule has 3 atom stereocenters. The van der Waals surface area contributed by atoms with Crippen LogP contribution in [0.3, 0.4) is 0 Å². The van der Waals surface area contributed by atoms with E-state index in [1.54, 1.807) is 0 Å². The Morgan fingerprint density at radius 3 is 0.750 bits per heavy atom. The molecular weight excluding hydrogens is 841 g/mol. The van der Waals surface area contributed by atoms with Crippen LogP contribution in [0.15, 0.2) is 0 Å². The van der Waals surface area contributed by atoms with Gasteiger partial charge in [0.2, 0.25) is 0 Å². The van der Waals surface area contributed by atoms with E-state index in [2.05, 4.69) is 0 Å². The third-order valence-corrected chi connectivity index (χ3v) is 27.6. The minimum Gasteiger partial charge on any atom is -0.372 e. The van der Waals surface area contributed by atoms with Crippen LogP contribution >= 0.6 is 114 Å². The molecule has 0 aliphatic carbocycles. The summed E-state index contributed by atoms with van der Waals surface area (Å²) in [5.41, 5.74) is 0. The van der Waals surface area contributed by atoms with Crippen LogP contribution in [0.4, 0.5) is 0 Å². The van der Waals surface area contributed by atoms with Gasteiger partial charge >= 0.3 is 26.4 Å². The average Bonchev–Trinajstić information content (AvgIpc) is 3.00.